The molecule has 0 spiro atoms. The molecule has 1 amide bonds. The molecule has 0 atom stereocenters. The van der Waals surface area contributed by atoms with Crippen molar-refractivity contribution in [3.8, 4) is 5.75 Å². The monoisotopic (exact) mass is 246 g/mol. The van der Waals surface area contributed by atoms with Crippen molar-refractivity contribution in [2.24, 2.45) is 7.05 Å². The Bertz CT molecular complexity index is 577. The number of nitrogen functional groups attached to an aromatic ring is 1. The minimum absolute atomic E-state index is 0.275. The van der Waals surface area contributed by atoms with Gasteiger partial charge in [0.2, 0.25) is 0 Å². The fourth-order valence-corrected chi connectivity index (χ4v) is 1.56. The largest absolute Gasteiger partial charge is 0.497 e. The van der Waals surface area contributed by atoms with Crippen molar-refractivity contribution in [3.63, 3.8) is 0 Å². The quantitative estimate of drug-likeness (QED) is 0.799. The fraction of sp³-hybridized carbons (Fsp3) is 0.167. The standard InChI is InChI=1S/C12H14N4O2/c1-16-7-8(6-14-16)15-12(17)10-4-3-9(18-2)5-11(10)13/h3-7H,13H2,1-2H3,(H,15,17). The van der Waals surface area contributed by atoms with Crippen molar-refractivity contribution in [3.05, 3.63) is 36.2 Å². The maximum Gasteiger partial charge on any atom is 0.257 e. The zero-order valence-electron chi connectivity index (χ0n) is 10.2. The lowest BCUT2D eigenvalue weighted by molar-refractivity contribution is 0.102. The number of rotatable bonds is 3. The summed E-state index contributed by atoms with van der Waals surface area (Å²) in [5.74, 6) is 0.341. The number of amides is 1. The second-order valence-corrected chi connectivity index (χ2v) is 3.81. The normalized spacial score (nSPS) is 10.1. The molecule has 1 aromatic heterocycles. The number of aromatic nitrogens is 2. The summed E-state index contributed by atoms with van der Waals surface area (Å²) in [5.41, 5.74) is 7.19. The Hall–Kier alpha value is -2.50. The zero-order chi connectivity index (χ0) is 13.1. The molecule has 6 heteroatoms. The number of carbonyl (C=O) groups excluding carboxylic acids is 1. The molecule has 0 radical (unpaired) electrons. The average molecular weight is 246 g/mol. The molecule has 0 fully saturated rings. The van der Waals surface area contributed by atoms with Crippen LogP contribution in [0.25, 0.3) is 0 Å². The third-order valence-corrected chi connectivity index (χ3v) is 2.47. The van der Waals surface area contributed by atoms with Crippen molar-refractivity contribution in [1.82, 2.24) is 9.78 Å². The smallest absolute Gasteiger partial charge is 0.257 e. The van der Waals surface area contributed by atoms with Gasteiger partial charge in [-0.1, -0.05) is 0 Å². The summed E-state index contributed by atoms with van der Waals surface area (Å²) in [6.45, 7) is 0. The van der Waals surface area contributed by atoms with E-state index in [1.54, 1.807) is 49.4 Å². The molecule has 1 heterocycles. The highest BCUT2D eigenvalue weighted by molar-refractivity contribution is 6.07. The van der Waals surface area contributed by atoms with Gasteiger partial charge in [0.15, 0.2) is 0 Å². The van der Waals surface area contributed by atoms with E-state index in [0.29, 0.717) is 22.7 Å². The SMILES string of the molecule is COc1ccc(C(=O)Nc2cnn(C)c2)c(N)c1. The molecule has 0 bridgehead atoms. The van der Waals surface area contributed by atoms with Crippen LogP contribution >= 0.6 is 0 Å². The van der Waals surface area contributed by atoms with Crippen LogP contribution in [0.2, 0.25) is 0 Å². The number of nitrogens with one attached hydrogen (secondary N) is 1. The van der Waals surface area contributed by atoms with Gasteiger partial charge in [-0.05, 0) is 12.1 Å². The second kappa shape index (κ2) is 4.79. The van der Waals surface area contributed by atoms with Gasteiger partial charge in [0.05, 0.1) is 24.6 Å². The summed E-state index contributed by atoms with van der Waals surface area (Å²) in [5, 5.41) is 6.68. The number of hydrogen-bond acceptors (Lipinski definition) is 4. The number of nitrogens with two attached hydrogens (primary N) is 1. The Kier molecular flexibility index (Phi) is 3.18. The third kappa shape index (κ3) is 2.42. The summed E-state index contributed by atoms with van der Waals surface area (Å²) in [6, 6.07) is 4.92. The molecule has 0 saturated heterocycles. The predicted molar refractivity (Wildman–Crippen MR) is 68.6 cm³/mol. The molecule has 2 rings (SSSR count). The van der Waals surface area contributed by atoms with E-state index in [1.165, 1.54) is 0 Å². The highest BCUT2D eigenvalue weighted by Gasteiger charge is 2.11. The minimum atomic E-state index is -0.275. The lowest BCUT2D eigenvalue weighted by Crippen LogP contribution is -2.13. The Labute approximate surface area is 104 Å². The second-order valence-electron chi connectivity index (χ2n) is 3.81. The molecule has 3 N–H and O–H groups in total. The minimum Gasteiger partial charge on any atom is -0.497 e. The number of methoxy groups -OCH3 is 1. The summed E-state index contributed by atoms with van der Waals surface area (Å²) in [4.78, 5) is 12.0. The average Bonchev–Trinajstić information content (AvgIpc) is 2.74. The summed E-state index contributed by atoms with van der Waals surface area (Å²) < 4.78 is 6.63. The van der Waals surface area contributed by atoms with E-state index in [-0.39, 0.29) is 5.91 Å². The molecule has 94 valence electrons. The molecular formula is C12H14N4O2. The van der Waals surface area contributed by atoms with Crippen molar-refractivity contribution < 1.29 is 9.53 Å². The topological polar surface area (TPSA) is 82.2 Å². The Morgan fingerprint density at radius 2 is 2.28 bits per heavy atom. The molecule has 0 aliphatic carbocycles. The van der Waals surface area contributed by atoms with E-state index in [0.717, 1.165) is 0 Å². The molecule has 0 unspecified atom stereocenters. The fourth-order valence-electron chi connectivity index (χ4n) is 1.56. The van der Waals surface area contributed by atoms with Gasteiger partial charge in [-0.25, -0.2) is 0 Å². The van der Waals surface area contributed by atoms with Crippen LogP contribution in [0.4, 0.5) is 11.4 Å². The van der Waals surface area contributed by atoms with Gasteiger partial charge < -0.3 is 15.8 Å². The highest BCUT2D eigenvalue weighted by atomic mass is 16.5. The number of benzene rings is 1. The summed E-state index contributed by atoms with van der Waals surface area (Å²) in [6.07, 6.45) is 3.27. The van der Waals surface area contributed by atoms with Crippen molar-refractivity contribution in [2.75, 3.05) is 18.2 Å². The molecule has 0 aliphatic heterocycles. The van der Waals surface area contributed by atoms with Crippen LogP contribution in [0.1, 0.15) is 10.4 Å². The third-order valence-electron chi connectivity index (χ3n) is 2.47. The van der Waals surface area contributed by atoms with Crippen molar-refractivity contribution in [2.45, 2.75) is 0 Å². The maximum absolute atomic E-state index is 12.0. The lowest BCUT2D eigenvalue weighted by Gasteiger charge is -2.07. The number of hydrogen-bond donors (Lipinski definition) is 2. The van der Waals surface area contributed by atoms with Crippen LogP contribution in [-0.2, 0) is 7.05 Å². The lowest BCUT2D eigenvalue weighted by atomic mass is 10.1. The van der Waals surface area contributed by atoms with Crippen LogP contribution in [0, 0.1) is 0 Å². The van der Waals surface area contributed by atoms with Crippen molar-refractivity contribution in [1.29, 1.82) is 0 Å². The maximum atomic E-state index is 12.0. The molecule has 6 nitrogen and oxygen atoms in total. The van der Waals surface area contributed by atoms with Gasteiger partial charge in [-0.15, -0.1) is 0 Å². The van der Waals surface area contributed by atoms with Crippen LogP contribution in [0.3, 0.4) is 0 Å². The van der Waals surface area contributed by atoms with Crippen LogP contribution in [-0.4, -0.2) is 22.8 Å². The summed E-state index contributed by atoms with van der Waals surface area (Å²) >= 11 is 0. The summed E-state index contributed by atoms with van der Waals surface area (Å²) in [7, 11) is 3.32. The first-order valence-electron chi connectivity index (χ1n) is 5.33. The molecule has 1 aromatic carbocycles. The van der Waals surface area contributed by atoms with Crippen LogP contribution in [0.5, 0.6) is 5.75 Å². The number of nitrogens with zero attached hydrogens (tertiary/aromatic N) is 2. The zero-order valence-corrected chi connectivity index (χ0v) is 10.2. The van der Waals surface area contributed by atoms with E-state index in [1.807, 2.05) is 0 Å². The first kappa shape index (κ1) is 12.0. The number of carbonyl (C=O) groups is 1. The Morgan fingerprint density at radius 3 is 2.83 bits per heavy atom. The number of anilines is 2. The van der Waals surface area contributed by atoms with Crippen molar-refractivity contribution >= 4 is 17.3 Å². The van der Waals surface area contributed by atoms with Crippen LogP contribution in [0.15, 0.2) is 30.6 Å². The molecular weight excluding hydrogens is 232 g/mol. The molecule has 18 heavy (non-hydrogen) atoms. The highest BCUT2D eigenvalue weighted by Crippen LogP contribution is 2.20. The Balaban J connectivity index is 2.18. The number of aryl methyl sites for hydroxylation is 1. The molecule has 0 aliphatic rings. The van der Waals surface area contributed by atoms with Crippen LogP contribution < -0.4 is 15.8 Å². The van der Waals surface area contributed by atoms with Gasteiger partial charge in [0.25, 0.3) is 5.91 Å². The number of ether oxygens (including phenoxy) is 1. The van der Waals surface area contributed by atoms with Gasteiger partial charge in [0.1, 0.15) is 5.75 Å². The Morgan fingerprint density at radius 1 is 1.50 bits per heavy atom. The van der Waals surface area contributed by atoms with E-state index >= 15 is 0 Å². The predicted octanol–water partition coefficient (Wildman–Crippen LogP) is 1.26. The van der Waals surface area contributed by atoms with E-state index in [4.69, 9.17) is 10.5 Å². The van der Waals surface area contributed by atoms with Gasteiger partial charge >= 0.3 is 0 Å². The first-order valence-corrected chi connectivity index (χ1v) is 5.33. The molecule has 2 aromatic rings. The van der Waals surface area contributed by atoms with E-state index in [2.05, 4.69) is 10.4 Å². The van der Waals surface area contributed by atoms with E-state index in [9.17, 15) is 4.79 Å². The van der Waals surface area contributed by atoms with Gasteiger partial charge in [0, 0.05) is 25.0 Å². The van der Waals surface area contributed by atoms with E-state index < -0.39 is 0 Å². The van der Waals surface area contributed by atoms with Gasteiger partial charge in [-0.3, -0.25) is 9.48 Å². The van der Waals surface area contributed by atoms with Gasteiger partial charge in [-0.2, -0.15) is 5.10 Å². The molecule has 0 saturated carbocycles. The first-order chi connectivity index (χ1) is 8.60.